The molecule has 1 atom stereocenters. The zero-order valence-electron chi connectivity index (χ0n) is 14.4. The predicted octanol–water partition coefficient (Wildman–Crippen LogP) is 3.55. The molecule has 0 aromatic heterocycles. The van der Waals surface area contributed by atoms with Gasteiger partial charge in [0.15, 0.2) is 0 Å². The van der Waals surface area contributed by atoms with E-state index in [1.165, 1.54) is 16.7 Å². The van der Waals surface area contributed by atoms with Crippen molar-refractivity contribution < 1.29 is 0 Å². The second-order valence-corrected chi connectivity index (χ2v) is 6.25. The normalized spacial score (nSPS) is 13.8. The van der Waals surface area contributed by atoms with Crippen LogP contribution < -0.4 is 5.32 Å². The van der Waals surface area contributed by atoms with E-state index in [9.17, 15) is 0 Å². The quantitative estimate of drug-likeness (QED) is 0.819. The highest BCUT2D eigenvalue weighted by Crippen LogP contribution is 2.28. The van der Waals surface area contributed by atoms with Gasteiger partial charge in [-0.15, -0.1) is 0 Å². The molecule has 20 heavy (non-hydrogen) atoms. The van der Waals surface area contributed by atoms with Crippen LogP contribution in [-0.2, 0) is 6.42 Å². The summed E-state index contributed by atoms with van der Waals surface area (Å²) in [6, 6.07) is 7.36. The Morgan fingerprint density at radius 3 is 1.90 bits per heavy atom. The molecule has 0 heterocycles. The maximum atomic E-state index is 3.57. The Labute approximate surface area is 125 Å². The monoisotopic (exact) mass is 276 g/mol. The Hall–Kier alpha value is -0.860. The maximum absolute atomic E-state index is 3.57. The van der Waals surface area contributed by atoms with Crippen LogP contribution in [0.1, 0.15) is 43.4 Å². The fraction of sp³-hybridized carbons (Fsp3) is 0.667. The molecule has 1 unspecified atom stereocenters. The molecule has 2 nitrogen and oxygen atoms in total. The van der Waals surface area contributed by atoms with E-state index < -0.39 is 0 Å². The Balaban J connectivity index is 3.06. The predicted molar refractivity (Wildman–Crippen MR) is 89.5 cm³/mol. The summed E-state index contributed by atoms with van der Waals surface area (Å²) in [5.74, 6) is 0. The van der Waals surface area contributed by atoms with Gasteiger partial charge in [-0.25, -0.2) is 0 Å². The van der Waals surface area contributed by atoms with Crippen molar-refractivity contribution in [2.24, 2.45) is 0 Å². The van der Waals surface area contributed by atoms with Gasteiger partial charge in [-0.1, -0.05) is 43.2 Å². The van der Waals surface area contributed by atoms with Crippen molar-refractivity contribution in [2.45, 2.75) is 58.5 Å². The number of aryl methyl sites for hydroxylation is 2. The third-order valence-corrected chi connectivity index (χ3v) is 4.83. The Bertz CT molecular complexity index is 399. The van der Waals surface area contributed by atoms with Crippen LogP contribution in [-0.4, -0.2) is 37.6 Å². The first-order valence-electron chi connectivity index (χ1n) is 7.81. The summed E-state index contributed by atoms with van der Waals surface area (Å²) in [5.41, 5.74) is 4.37. The highest BCUT2D eigenvalue weighted by molar-refractivity contribution is 5.29. The molecule has 1 aromatic rings. The van der Waals surface area contributed by atoms with Gasteiger partial charge in [-0.2, -0.15) is 0 Å². The first-order chi connectivity index (χ1) is 9.39. The highest BCUT2D eigenvalue weighted by Gasteiger charge is 2.36. The Morgan fingerprint density at radius 1 is 1.05 bits per heavy atom. The van der Waals surface area contributed by atoms with E-state index >= 15 is 0 Å². The molecular weight excluding hydrogens is 244 g/mol. The molecule has 0 fully saturated rings. The lowest BCUT2D eigenvalue weighted by Gasteiger charge is -2.45. The maximum Gasteiger partial charge on any atom is 0.0354 e. The fourth-order valence-corrected chi connectivity index (χ4v) is 3.67. The summed E-state index contributed by atoms with van der Waals surface area (Å²) in [5, 5.41) is 3.57. The molecule has 0 aliphatic carbocycles. The zero-order chi connectivity index (χ0) is 15.3. The molecule has 0 aliphatic rings. The lowest BCUT2D eigenvalue weighted by atomic mass is 9.80. The van der Waals surface area contributed by atoms with Crippen LogP contribution in [0.15, 0.2) is 18.2 Å². The van der Waals surface area contributed by atoms with Crippen LogP contribution in [0, 0.1) is 13.8 Å². The zero-order valence-corrected chi connectivity index (χ0v) is 14.4. The van der Waals surface area contributed by atoms with E-state index in [1.807, 2.05) is 0 Å². The summed E-state index contributed by atoms with van der Waals surface area (Å²) >= 11 is 0. The largest absolute Gasteiger partial charge is 0.315 e. The second kappa shape index (κ2) is 7.24. The van der Waals surface area contributed by atoms with Gasteiger partial charge in [0.05, 0.1) is 0 Å². The smallest absolute Gasteiger partial charge is 0.0354 e. The topological polar surface area (TPSA) is 15.3 Å². The van der Waals surface area contributed by atoms with Gasteiger partial charge >= 0.3 is 0 Å². The third-order valence-electron chi connectivity index (χ3n) is 4.83. The number of rotatable bonds is 7. The van der Waals surface area contributed by atoms with Gasteiger partial charge in [-0.05, 0) is 59.8 Å². The minimum absolute atomic E-state index is 0.215. The molecule has 1 rings (SSSR count). The molecule has 1 N–H and O–H groups in total. The average Bonchev–Trinajstić information content (AvgIpc) is 2.37. The molecule has 0 saturated heterocycles. The number of hydrogen-bond donors (Lipinski definition) is 1. The van der Waals surface area contributed by atoms with E-state index in [0.717, 1.165) is 19.3 Å². The van der Waals surface area contributed by atoms with Gasteiger partial charge in [0.1, 0.15) is 0 Å². The Morgan fingerprint density at radius 2 is 1.55 bits per heavy atom. The van der Waals surface area contributed by atoms with Crippen molar-refractivity contribution in [2.75, 3.05) is 21.1 Å². The van der Waals surface area contributed by atoms with Crippen molar-refractivity contribution in [1.29, 1.82) is 0 Å². The van der Waals surface area contributed by atoms with Crippen LogP contribution in [0.4, 0.5) is 0 Å². The molecule has 0 radical (unpaired) electrons. The summed E-state index contributed by atoms with van der Waals surface area (Å²) < 4.78 is 0. The van der Waals surface area contributed by atoms with Crippen LogP contribution in [0.25, 0.3) is 0 Å². The number of nitrogens with zero attached hydrogens (tertiary/aromatic N) is 1. The van der Waals surface area contributed by atoms with Crippen LogP contribution in [0.3, 0.4) is 0 Å². The lowest BCUT2D eigenvalue weighted by Crippen LogP contribution is -2.58. The Kier molecular flexibility index (Phi) is 6.22. The van der Waals surface area contributed by atoms with E-state index in [-0.39, 0.29) is 5.54 Å². The highest BCUT2D eigenvalue weighted by atomic mass is 15.2. The SMILES string of the molecule is CCC(CC)(C(Cc1cc(C)cc(C)c1)NC)N(C)C. The second-order valence-electron chi connectivity index (χ2n) is 6.25. The summed E-state index contributed by atoms with van der Waals surface area (Å²) in [7, 11) is 6.51. The minimum Gasteiger partial charge on any atom is -0.315 e. The first kappa shape index (κ1) is 17.2. The fourth-order valence-electron chi connectivity index (χ4n) is 3.67. The molecule has 0 amide bonds. The van der Waals surface area contributed by atoms with Crippen molar-refractivity contribution in [1.82, 2.24) is 10.2 Å². The molecule has 0 bridgehead atoms. The van der Waals surface area contributed by atoms with Gasteiger partial charge in [0, 0.05) is 11.6 Å². The summed E-state index contributed by atoms with van der Waals surface area (Å²) in [4.78, 5) is 2.40. The first-order valence-corrected chi connectivity index (χ1v) is 7.81. The number of benzene rings is 1. The van der Waals surface area contributed by atoms with Gasteiger partial charge in [0.25, 0.3) is 0 Å². The van der Waals surface area contributed by atoms with Crippen LogP contribution >= 0.6 is 0 Å². The van der Waals surface area contributed by atoms with Gasteiger partial charge in [-0.3, -0.25) is 0 Å². The summed E-state index contributed by atoms with van der Waals surface area (Å²) in [6.07, 6.45) is 3.40. The molecule has 0 aliphatic heterocycles. The third kappa shape index (κ3) is 3.62. The van der Waals surface area contributed by atoms with Crippen molar-refractivity contribution in [3.05, 3.63) is 34.9 Å². The number of likely N-dealkylation sites (N-methyl/N-ethyl adjacent to an activating group) is 2. The molecule has 114 valence electrons. The van der Waals surface area contributed by atoms with E-state index in [0.29, 0.717) is 6.04 Å². The molecule has 1 aromatic carbocycles. The standard InChI is InChI=1S/C18H32N2/c1-8-18(9-2,20(6)7)17(19-5)13-16-11-14(3)10-15(4)12-16/h10-12,17,19H,8-9,13H2,1-7H3. The minimum atomic E-state index is 0.215. The number of hydrogen-bond acceptors (Lipinski definition) is 2. The molecule has 0 saturated carbocycles. The molecule has 2 heteroatoms. The summed E-state index contributed by atoms with van der Waals surface area (Å²) in [6.45, 7) is 8.97. The van der Waals surface area contributed by atoms with E-state index in [4.69, 9.17) is 0 Å². The van der Waals surface area contributed by atoms with Gasteiger partial charge in [0.2, 0.25) is 0 Å². The average molecular weight is 276 g/mol. The number of nitrogens with one attached hydrogen (secondary N) is 1. The van der Waals surface area contributed by atoms with Crippen LogP contribution in [0.2, 0.25) is 0 Å². The molecule has 0 spiro atoms. The van der Waals surface area contributed by atoms with E-state index in [2.05, 4.69) is 77.3 Å². The van der Waals surface area contributed by atoms with E-state index in [1.54, 1.807) is 0 Å². The lowest BCUT2D eigenvalue weighted by molar-refractivity contribution is 0.0917. The van der Waals surface area contributed by atoms with Crippen molar-refractivity contribution >= 4 is 0 Å². The van der Waals surface area contributed by atoms with Crippen LogP contribution in [0.5, 0.6) is 0 Å². The molecular formula is C18H32N2. The van der Waals surface area contributed by atoms with Crippen molar-refractivity contribution in [3.63, 3.8) is 0 Å². The van der Waals surface area contributed by atoms with Crippen molar-refractivity contribution in [3.8, 4) is 0 Å². The van der Waals surface area contributed by atoms with Gasteiger partial charge < -0.3 is 10.2 Å².